The summed E-state index contributed by atoms with van der Waals surface area (Å²) in [6.07, 6.45) is 3.03. The lowest BCUT2D eigenvalue weighted by Gasteiger charge is -2.18. The maximum atomic E-state index is 5.33. The number of piperidine rings is 1. The lowest BCUT2D eigenvalue weighted by atomic mass is 9.98. The van der Waals surface area contributed by atoms with Crippen molar-refractivity contribution >= 4 is 0 Å². The van der Waals surface area contributed by atoms with Gasteiger partial charge in [-0.2, -0.15) is 4.98 Å². The van der Waals surface area contributed by atoms with Gasteiger partial charge >= 0.3 is 0 Å². The standard InChI is InChI=1S/C11H20N4O/c1-8(12-2)7-10-14-11(16-15-10)9-3-5-13-6-4-9/h8-9,12-13H,3-7H2,1-2H3. The fraction of sp³-hybridized carbons (Fsp3) is 0.818. The first-order valence-electron chi connectivity index (χ1n) is 6.00. The Morgan fingerprint density at radius 1 is 1.50 bits per heavy atom. The van der Waals surface area contributed by atoms with Gasteiger partial charge in [-0.3, -0.25) is 0 Å². The van der Waals surface area contributed by atoms with E-state index in [-0.39, 0.29) is 0 Å². The average Bonchev–Trinajstić information content (AvgIpc) is 2.78. The molecule has 0 spiro atoms. The number of rotatable bonds is 4. The van der Waals surface area contributed by atoms with Crippen LogP contribution in [0.5, 0.6) is 0 Å². The number of nitrogens with one attached hydrogen (secondary N) is 2. The van der Waals surface area contributed by atoms with E-state index in [0.29, 0.717) is 12.0 Å². The molecule has 90 valence electrons. The van der Waals surface area contributed by atoms with E-state index in [1.54, 1.807) is 0 Å². The Bertz CT molecular complexity index is 320. The quantitative estimate of drug-likeness (QED) is 0.787. The van der Waals surface area contributed by atoms with Crippen LogP contribution in [0.1, 0.15) is 37.4 Å². The van der Waals surface area contributed by atoms with Gasteiger partial charge in [-0.15, -0.1) is 0 Å². The Labute approximate surface area is 96.0 Å². The van der Waals surface area contributed by atoms with Crippen molar-refractivity contribution in [2.75, 3.05) is 20.1 Å². The van der Waals surface area contributed by atoms with Crippen LogP contribution >= 0.6 is 0 Å². The third kappa shape index (κ3) is 2.80. The summed E-state index contributed by atoms with van der Waals surface area (Å²) in [5, 5.41) is 10.5. The zero-order valence-corrected chi connectivity index (χ0v) is 9.99. The highest BCUT2D eigenvalue weighted by Crippen LogP contribution is 2.23. The predicted octanol–water partition coefficient (Wildman–Crippen LogP) is 0.687. The number of hydrogen-bond acceptors (Lipinski definition) is 5. The molecular weight excluding hydrogens is 204 g/mol. The van der Waals surface area contributed by atoms with Gasteiger partial charge in [0.15, 0.2) is 5.82 Å². The van der Waals surface area contributed by atoms with E-state index < -0.39 is 0 Å². The summed E-state index contributed by atoms with van der Waals surface area (Å²) < 4.78 is 5.33. The number of likely N-dealkylation sites (N-methyl/N-ethyl adjacent to an activating group) is 1. The Morgan fingerprint density at radius 2 is 2.25 bits per heavy atom. The fourth-order valence-corrected chi connectivity index (χ4v) is 1.96. The Kier molecular flexibility index (Phi) is 3.90. The number of aromatic nitrogens is 2. The molecule has 0 aliphatic carbocycles. The zero-order chi connectivity index (χ0) is 11.4. The first-order valence-corrected chi connectivity index (χ1v) is 6.00. The smallest absolute Gasteiger partial charge is 0.229 e. The molecule has 1 unspecified atom stereocenters. The molecule has 2 N–H and O–H groups in total. The van der Waals surface area contributed by atoms with Crippen molar-refractivity contribution in [3.8, 4) is 0 Å². The SMILES string of the molecule is CNC(C)Cc1noc(C2CCNCC2)n1. The highest BCUT2D eigenvalue weighted by molar-refractivity contribution is 4.97. The summed E-state index contributed by atoms with van der Waals surface area (Å²) in [4.78, 5) is 4.48. The zero-order valence-electron chi connectivity index (χ0n) is 9.99. The largest absolute Gasteiger partial charge is 0.339 e. The highest BCUT2D eigenvalue weighted by Gasteiger charge is 2.21. The summed E-state index contributed by atoms with van der Waals surface area (Å²) in [6.45, 7) is 4.21. The van der Waals surface area contributed by atoms with Crippen molar-refractivity contribution in [3.05, 3.63) is 11.7 Å². The molecule has 0 radical (unpaired) electrons. The molecule has 0 amide bonds. The van der Waals surface area contributed by atoms with Gasteiger partial charge in [0.1, 0.15) is 0 Å². The second-order valence-electron chi connectivity index (χ2n) is 4.47. The summed E-state index contributed by atoms with van der Waals surface area (Å²) in [5.74, 6) is 2.09. The minimum absolute atomic E-state index is 0.387. The van der Waals surface area contributed by atoms with Crippen molar-refractivity contribution in [2.45, 2.75) is 38.1 Å². The van der Waals surface area contributed by atoms with Crippen LogP contribution in [0.15, 0.2) is 4.52 Å². The minimum Gasteiger partial charge on any atom is -0.339 e. The van der Waals surface area contributed by atoms with Crippen LogP contribution in [-0.2, 0) is 6.42 Å². The van der Waals surface area contributed by atoms with E-state index in [9.17, 15) is 0 Å². The molecule has 0 saturated carbocycles. The molecule has 2 rings (SSSR count). The lowest BCUT2D eigenvalue weighted by molar-refractivity contribution is 0.317. The topological polar surface area (TPSA) is 63.0 Å². The minimum atomic E-state index is 0.387. The highest BCUT2D eigenvalue weighted by atomic mass is 16.5. The van der Waals surface area contributed by atoms with Crippen LogP contribution in [0, 0.1) is 0 Å². The molecule has 1 fully saturated rings. The first kappa shape index (κ1) is 11.5. The average molecular weight is 224 g/mol. The van der Waals surface area contributed by atoms with Crippen LogP contribution < -0.4 is 10.6 Å². The molecule has 5 nitrogen and oxygen atoms in total. The Morgan fingerprint density at radius 3 is 2.94 bits per heavy atom. The maximum absolute atomic E-state index is 5.33. The molecular formula is C11H20N4O. The molecule has 1 aliphatic heterocycles. The molecule has 16 heavy (non-hydrogen) atoms. The van der Waals surface area contributed by atoms with Crippen molar-refractivity contribution in [1.29, 1.82) is 0 Å². The van der Waals surface area contributed by atoms with E-state index in [0.717, 1.165) is 44.1 Å². The van der Waals surface area contributed by atoms with Crippen molar-refractivity contribution in [3.63, 3.8) is 0 Å². The van der Waals surface area contributed by atoms with E-state index in [4.69, 9.17) is 4.52 Å². The molecule has 0 bridgehead atoms. The van der Waals surface area contributed by atoms with E-state index in [2.05, 4.69) is 27.7 Å². The van der Waals surface area contributed by atoms with Crippen molar-refractivity contribution < 1.29 is 4.52 Å². The summed E-state index contributed by atoms with van der Waals surface area (Å²) in [6, 6.07) is 0.387. The van der Waals surface area contributed by atoms with Crippen molar-refractivity contribution in [1.82, 2.24) is 20.8 Å². The van der Waals surface area contributed by atoms with Crippen LogP contribution in [0.25, 0.3) is 0 Å². The monoisotopic (exact) mass is 224 g/mol. The van der Waals surface area contributed by atoms with E-state index in [1.165, 1.54) is 0 Å². The second kappa shape index (κ2) is 5.41. The van der Waals surface area contributed by atoms with Crippen molar-refractivity contribution in [2.24, 2.45) is 0 Å². The molecule has 1 atom stereocenters. The van der Waals surface area contributed by atoms with Gasteiger partial charge in [-0.25, -0.2) is 0 Å². The summed E-state index contributed by atoms with van der Waals surface area (Å²) >= 11 is 0. The normalized spacial score (nSPS) is 19.9. The van der Waals surface area contributed by atoms with Crippen LogP contribution in [0.3, 0.4) is 0 Å². The third-order valence-electron chi connectivity index (χ3n) is 3.15. The van der Waals surface area contributed by atoms with Crippen LogP contribution in [-0.4, -0.2) is 36.3 Å². The first-order chi connectivity index (χ1) is 7.79. The van der Waals surface area contributed by atoms with Gasteiger partial charge in [0.05, 0.1) is 0 Å². The van der Waals surface area contributed by atoms with Gasteiger partial charge in [-0.1, -0.05) is 5.16 Å². The molecule has 1 saturated heterocycles. The Hall–Kier alpha value is -0.940. The van der Waals surface area contributed by atoms with Gasteiger partial charge in [0, 0.05) is 18.4 Å². The molecule has 0 aromatic carbocycles. The molecule has 2 heterocycles. The number of hydrogen-bond donors (Lipinski definition) is 2. The van der Waals surface area contributed by atoms with Crippen LogP contribution in [0.4, 0.5) is 0 Å². The molecule has 5 heteroatoms. The van der Waals surface area contributed by atoms with E-state index >= 15 is 0 Å². The summed E-state index contributed by atoms with van der Waals surface area (Å²) in [7, 11) is 1.94. The number of nitrogens with zero attached hydrogens (tertiary/aromatic N) is 2. The van der Waals surface area contributed by atoms with Crippen LogP contribution in [0.2, 0.25) is 0 Å². The van der Waals surface area contributed by atoms with E-state index in [1.807, 2.05) is 7.05 Å². The molecule has 1 aromatic heterocycles. The lowest BCUT2D eigenvalue weighted by Crippen LogP contribution is -2.27. The van der Waals surface area contributed by atoms with Gasteiger partial charge in [0.2, 0.25) is 5.89 Å². The van der Waals surface area contributed by atoms with Gasteiger partial charge in [0.25, 0.3) is 0 Å². The molecule has 1 aliphatic rings. The fourth-order valence-electron chi connectivity index (χ4n) is 1.96. The third-order valence-corrected chi connectivity index (χ3v) is 3.15. The van der Waals surface area contributed by atoms with Gasteiger partial charge < -0.3 is 15.2 Å². The Balaban J connectivity index is 1.95. The predicted molar refractivity (Wildman–Crippen MR) is 61.4 cm³/mol. The maximum Gasteiger partial charge on any atom is 0.229 e. The van der Waals surface area contributed by atoms with Gasteiger partial charge in [-0.05, 0) is 39.9 Å². The molecule has 1 aromatic rings. The summed E-state index contributed by atoms with van der Waals surface area (Å²) in [5.41, 5.74) is 0. The second-order valence-corrected chi connectivity index (χ2v) is 4.47.